The molecule has 23 heavy (non-hydrogen) atoms. The number of nitrogens with zero attached hydrogens (tertiary/aromatic N) is 2. The molecule has 0 fully saturated rings. The lowest BCUT2D eigenvalue weighted by Crippen LogP contribution is -2.18. The number of imidazole rings is 1. The molecule has 1 unspecified atom stereocenters. The third-order valence-corrected chi connectivity index (χ3v) is 3.90. The maximum Gasteiger partial charge on any atom is 0.326 e. The predicted molar refractivity (Wildman–Crippen MR) is 90.1 cm³/mol. The van der Waals surface area contributed by atoms with Gasteiger partial charge in [0.15, 0.2) is 0 Å². The minimum Gasteiger partial charge on any atom is -0.480 e. The molecule has 1 aromatic heterocycles. The largest absolute Gasteiger partial charge is 0.480 e. The van der Waals surface area contributed by atoms with E-state index in [0.717, 1.165) is 22.5 Å². The fourth-order valence-corrected chi connectivity index (χ4v) is 2.78. The number of benzene rings is 2. The van der Waals surface area contributed by atoms with Crippen LogP contribution in [0.3, 0.4) is 0 Å². The van der Waals surface area contributed by atoms with E-state index in [1.165, 1.54) is 0 Å². The van der Waals surface area contributed by atoms with E-state index >= 15 is 0 Å². The Morgan fingerprint density at radius 3 is 2.13 bits per heavy atom. The van der Waals surface area contributed by atoms with E-state index in [4.69, 9.17) is 0 Å². The second-order valence-electron chi connectivity index (χ2n) is 5.34. The van der Waals surface area contributed by atoms with Crippen LogP contribution in [-0.4, -0.2) is 20.6 Å². The Labute approximate surface area is 135 Å². The quantitative estimate of drug-likeness (QED) is 0.766. The van der Waals surface area contributed by atoms with Gasteiger partial charge in [-0.2, -0.15) is 0 Å². The van der Waals surface area contributed by atoms with Crippen LogP contribution < -0.4 is 0 Å². The zero-order chi connectivity index (χ0) is 16.2. The van der Waals surface area contributed by atoms with Crippen LogP contribution in [0.2, 0.25) is 0 Å². The molecule has 0 bridgehead atoms. The van der Waals surface area contributed by atoms with Crippen LogP contribution in [0.5, 0.6) is 0 Å². The van der Waals surface area contributed by atoms with Gasteiger partial charge in [0.2, 0.25) is 0 Å². The number of aromatic nitrogens is 2. The fraction of sp³-hybridized carbons (Fsp3) is 0.158. The van der Waals surface area contributed by atoms with Crippen molar-refractivity contribution in [3.05, 3.63) is 67.0 Å². The molecule has 0 radical (unpaired) electrons. The molecule has 3 aromatic rings. The summed E-state index contributed by atoms with van der Waals surface area (Å²) in [4.78, 5) is 16.1. The first-order valence-electron chi connectivity index (χ1n) is 7.62. The molecule has 3 rings (SSSR count). The van der Waals surface area contributed by atoms with Crippen molar-refractivity contribution >= 4 is 5.97 Å². The Morgan fingerprint density at radius 2 is 1.61 bits per heavy atom. The molecular weight excluding hydrogens is 288 g/mol. The minimum atomic E-state index is -0.846. The first-order valence-corrected chi connectivity index (χ1v) is 7.62. The van der Waals surface area contributed by atoms with Gasteiger partial charge in [-0.3, -0.25) is 0 Å². The highest BCUT2D eigenvalue weighted by Crippen LogP contribution is 2.33. The highest BCUT2D eigenvalue weighted by molar-refractivity contribution is 5.81. The smallest absolute Gasteiger partial charge is 0.326 e. The van der Waals surface area contributed by atoms with Crippen molar-refractivity contribution in [2.24, 2.45) is 0 Å². The minimum absolute atomic E-state index is 0.500. The molecule has 0 aliphatic rings. The number of hydrogen-bond acceptors (Lipinski definition) is 2. The fourth-order valence-electron chi connectivity index (χ4n) is 2.78. The summed E-state index contributed by atoms with van der Waals surface area (Å²) in [6.45, 7) is 1.87. The summed E-state index contributed by atoms with van der Waals surface area (Å²) in [5.74, 6) is -0.846. The van der Waals surface area contributed by atoms with Crippen molar-refractivity contribution in [1.82, 2.24) is 9.55 Å². The maximum absolute atomic E-state index is 11.6. The molecule has 2 aromatic carbocycles. The third-order valence-electron chi connectivity index (χ3n) is 3.90. The van der Waals surface area contributed by atoms with Crippen molar-refractivity contribution in [2.75, 3.05) is 0 Å². The summed E-state index contributed by atoms with van der Waals surface area (Å²) in [7, 11) is 0. The van der Waals surface area contributed by atoms with Crippen molar-refractivity contribution in [3.63, 3.8) is 0 Å². The van der Waals surface area contributed by atoms with Gasteiger partial charge in [0.25, 0.3) is 0 Å². The number of carboxylic acid groups (broad SMARTS) is 1. The zero-order valence-corrected chi connectivity index (χ0v) is 12.9. The molecule has 0 spiro atoms. The van der Waals surface area contributed by atoms with E-state index < -0.39 is 12.0 Å². The molecule has 0 saturated carbocycles. The van der Waals surface area contributed by atoms with Gasteiger partial charge < -0.3 is 9.67 Å². The molecule has 0 saturated heterocycles. The molecule has 0 aliphatic heterocycles. The van der Waals surface area contributed by atoms with Gasteiger partial charge in [0.1, 0.15) is 6.04 Å². The van der Waals surface area contributed by atoms with Gasteiger partial charge in [-0.1, -0.05) is 67.6 Å². The van der Waals surface area contributed by atoms with E-state index in [-0.39, 0.29) is 0 Å². The predicted octanol–water partition coefficient (Wildman–Crippen LogP) is 4.25. The van der Waals surface area contributed by atoms with Gasteiger partial charge in [-0.05, 0) is 6.42 Å². The van der Waals surface area contributed by atoms with Crippen LogP contribution >= 0.6 is 0 Å². The van der Waals surface area contributed by atoms with Crippen molar-refractivity contribution in [2.45, 2.75) is 19.4 Å². The number of rotatable bonds is 5. The molecule has 1 N–H and O–H groups in total. The second-order valence-corrected chi connectivity index (χ2v) is 5.34. The van der Waals surface area contributed by atoms with Crippen LogP contribution in [0.15, 0.2) is 67.0 Å². The normalized spacial score (nSPS) is 12.0. The Hall–Kier alpha value is -2.88. The van der Waals surface area contributed by atoms with Crippen molar-refractivity contribution in [1.29, 1.82) is 0 Å². The molecule has 4 nitrogen and oxygen atoms in total. The highest BCUT2D eigenvalue weighted by Gasteiger charge is 2.23. The summed E-state index contributed by atoms with van der Waals surface area (Å²) in [5.41, 5.74) is 3.58. The average Bonchev–Trinajstić information content (AvgIpc) is 3.01. The average molecular weight is 306 g/mol. The van der Waals surface area contributed by atoms with E-state index in [0.29, 0.717) is 6.42 Å². The van der Waals surface area contributed by atoms with E-state index in [1.54, 1.807) is 10.9 Å². The highest BCUT2D eigenvalue weighted by atomic mass is 16.4. The van der Waals surface area contributed by atoms with E-state index in [2.05, 4.69) is 4.98 Å². The lowest BCUT2D eigenvalue weighted by Gasteiger charge is -2.16. The molecule has 1 heterocycles. The zero-order valence-electron chi connectivity index (χ0n) is 12.9. The molecule has 0 aliphatic carbocycles. The summed E-state index contributed by atoms with van der Waals surface area (Å²) in [6.07, 6.45) is 2.13. The SMILES string of the molecule is CCC(C(=O)O)n1cnc(-c2ccccc2)c1-c1ccccc1. The number of aliphatic carboxylic acids is 1. The van der Waals surface area contributed by atoms with Gasteiger partial charge in [0, 0.05) is 11.1 Å². The van der Waals surface area contributed by atoms with E-state index in [9.17, 15) is 9.90 Å². The molecule has 1 atom stereocenters. The number of carboxylic acids is 1. The number of hydrogen-bond donors (Lipinski definition) is 1. The van der Waals surface area contributed by atoms with E-state index in [1.807, 2.05) is 67.6 Å². The van der Waals surface area contributed by atoms with Crippen molar-refractivity contribution in [3.8, 4) is 22.5 Å². The van der Waals surface area contributed by atoms with Gasteiger partial charge in [0.05, 0.1) is 17.7 Å². The molecule has 0 amide bonds. The lowest BCUT2D eigenvalue weighted by atomic mass is 10.0. The van der Waals surface area contributed by atoms with Crippen molar-refractivity contribution < 1.29 is 9.90 Å². The van der Waals surface area contributed by atoms with Crippen LogP contribution in [-0.2, 0) is 4.79 Å². The van der Waals surface area contributed by atoms with Crippen LogP contribution in [0, 0.1) is 0 Å². The third kappa shape index (κ3) is 2.88. The van der Waals surface area contributed by atoms with Gasteiger partial charge in [-0.15, -0.1) is 0 Å². The summed E-state index contributed by atoms with van der Waals surface area (Å²) in [5, 5.41) is 9.53. The Morgan fingerprint density at radius 1 is 1.04 bits per heavy atom. The summed E-state index contributed by atoms with van der Waals surface area (Å²) < 4.78 is 1.76. The molecule has 4 heteroatoms. The van der Waals surface area contributed by atoms with Gasteiger partial charge >= 0.3 is 5.97 Å². The topological polar surface area (TPSA) is 55.1 Å². The summed E-state index contributed by atoms with van der Waals surface area (Å²) >= 11 is 0. The Kier molecular flexibility index (Phi) is 4.24. The molecular formula is C19H18N2O2. The number of carbonyl (C=O) groups is 1. The summed E-state index contributed by atoms with van der Waals surface area (Å²) in [6, 6.07) is 19.0. The first-order chi connectivity index (χ1) is 11.2. The maximum atomic E-state index is 11.6. The molecule has 116 valence electrons. The van der Waals surface area contributed by atoms with Gasteiger partial charge in [-0.25, -0.2) is 9.78 Å². The Bertz CT molecular complexity index is 795. The van der Waals surface area contributed by atoms with Crippen LogP contribution in [0.1, 0.15) is 19.4 Å². The first kappa shape index (κ1) is 15.0. The Balaban J connectivity index is 2.23. The second kappa shape index (κ2) is 6.48. The standard InChI is InChI=1S/C19H18N2O2/c1-2-16(19(22)23)21-13-20-17(14-9-5-3-6-10-14)18(21)15-11-7-4-8-12-15/h3-13,16H,2H2,1H3,(H,22,23). The monoisotopic (exact) mass is 306 g/mol. The van der Waals surface area contributed by atoms with Crippen LogP contribution in [0.25, 0.3) is 22.5 Å². The van der Waals surface area contributed by atoms with Crippen LogP contribution in [0.4, 0.5) is 0 Å². The lowest BCUT2D eigenvalue weighted by molar-refractivity contribution is -0.140.